The normalized spacial score (nSPS) is 25.9. The minimum absolute atomic E-state index is 0.117. The Labute approximate surface area is 183 Å². The highest BCUT2D eigenvalue weighted by Crippen LogP contribution is 2.53. The van der Waals surface area contributed by atoms with Crippen molar-refractivity contribution in [2.75, 3.05) is 0 Å². The highest BCUT2D eigenvalue weighted by molar-refractivity contribution is 8.01. The van der Waals surface area contributed by atoms with Crippen molar-refractivity contribution >= 4 is 35.5 Å². The summed E-state index contributed by atoms with van der Waals surface area (Å²) in [7, 11) is 0. The summed E-state index contributed by atoms with van der Waals surface area (Å²) in [5.74, 6) is -1.82. The van der Waals surface area contributed by atoms with Crippen LogP contribution in [0.1, 0.15) is 40.1 Å². The first kappa shape index (κ1) is 19.8. The molecule has 0 aliphatic carbocycles. The number of amides is 3. The van der Waals surface area contributed by atoms with Gasteiger partial charge in [0.1, 0.15) is 24.1 Å². The second-order valence-electron chi connectivity index (χ2n) is 8.32. The molecule has 3 aliphatic rings. The van der Waals surface area contributed by atoms with Gasteiger partial charge in [-0.15, -0.1) is 11.8 Å². The third-order valence-corrected chi connectivity index (χ3v) is 7.52. The van der Waals surface area contributed by atoms with Crippen molar-refractivity contribution in [3.05, 3.63) is 71.3 Å². The molecule has 158 valence electrons. The minimum Gasteiger partial charge on any atom is -0.459 e. The van der Waals surface area contributed by atoms with Crippen LogP contribution in [0.2, 0.25) is 0 Å². The van der Waals surface area contributed by atoms with E-state index in [9.17, 15) is 19.2 Å². The van der Waals surface area contributed by atoms with Gasteiger partial charge >= 0.3 is 5.97 Å². The van der Waals surface area contributed by atoms with E-state index in [4.69, 9.17) is 4.74 Å². The highest BCUT2D eigenvalue weighted by atomic mass is 32.2. The van der Waals surface area contributed by atoms with E-state index < -0.39 is 45.9 Å². The lowest BCUT2D eigenvalue weighted by atomic mass is 9.95. The van der Waals surface area contributed by atoms with Gasteiger partial charge in [-0.2, -0.15) is 0 Å². The molecule has 0 unspecified atom stereocenters. The van der Waals surface area contributed by atoms with Crippen LogP contribution in [0.5, 0.6) is 0 Å². The number of fused-ring (bicyclic) bond motifs is 2. The number of carbonyl (C=O) groups is 4. The second kappa shape index (κ2) is 6.95. The summed E-state index contributed by atoms with van der Waals surface area (Å²) in [6.45, 7) is 3.86. The zero-order valence-corrected chi connectivity index (χ0v) is 17.8. The van der Waals surface area contributed by atoms with Crippen molar-refractivity contribution in [1.29, 1.82) is 0 Å². The van der Waals surface area contributed by atoms with Crippen LogP contribution in [0, 0.1) is 0 Å². The quantitative estimate of drug-likeness (QED) is 0.416. The monoisotopic (exact) mass is 436 g/mol. The van der Waals surface area contributed by atoms with Crippen LogP contribution in [0.3, 0.4) is 0 Å². The van der Waals surface area contributed by atoms with Crippen LogP contribution in [0.4, 0.5) is 0 Å². The summed E-state index contributed by atoms with van der Waals surface area (Å²) in [6.07, 6.45) is 0. The molecular formula is C23H20N2O5S. The Balaban J connectivity index is 1.36. The van der Waals surface area contributed by atoms with E-state index in [1.807, 2.05) is 44.2 Å². The fourth-order valence-corrected chi connectivity index (χ4v) is 6.15. The number of imide groups is 1. The SMILES string of the molecule is CC1(C)S[C@H]2[C@H](N3C(=O)c4ccccc4C3=O)C(=O)N2[C@H]1C(=O)OCc1ccccc1. The van der Waals surface area contributed by atoms with Gasteiger partial charge in [0.25, 0.3) is 17.7 Å². The van der Waals surface area contributed by atoms with Gasteiger partial charge in [-0.1, -0.05) is 42.5 Å². The number of esters is 1. The lowest BCUT2D eigenvalue weighted by Gasteiger charge is -2.46. The standard InChI is InChI=1S/C23H20N2O5S/c1-23(2)17(22(29)30-12-13-8-4-3-5-9-13)25-20(28)16(21(25)31-23)24-18(26)14-10-6-7-11-15(14)19(24)27/h3-11,16-17,21H,12H2,1-2H3/t16-,17+,21+/m1/s1. The molecule has 31 heavy (non-hydrogen) atoms. The fraction of sp³-hybridized carbons (Fsp3) is 0.304. The Morgan fingerprint density at radius 2 is 1.55 bits per heavy atom. The first-order valence-electron chi connectivity index (χ1n) is 9.99. The molecule has 3 atom stereocenters. The second-order valence-corrected chi connectivity index (χ2v) is 10.1. The third-order valence-electron chi connectivity index (χ3n) is 5.96. The smallest absolute Gasteiger partial charge is 0.330 e. The molecule has 0 aromatic heterocycles. The van der Waals surface area contributed by atoms with Crippen LogP contribution in [-0.4, -0.2) is 55.7 Å². The van der Waals surface area contributed by atoms with E-state index in [0.29, 0.717) is 11.1 Å². The van der Waals surface area contributed by atoms with Gasteiger partial charge in [-0.3, -0.25) is 19.3 Å². The summed E-state index contributed by atoms with van der Waals surface area (Å²) in [5, 5.41) is -0.473. The molecule has 3 amide bonds. The van der Waals surface area contributed by atoms with Gasteiger partial charge in [-0.25, -0.2) is 4.79 Å². The Bertz CT molecular complexity index is 1080. The van der Waals surface area contributed by atoms with Crippen LogP contribution in [0.15, 0.2) is 54.6 Å². The maximum atomic E-state index is 13.1. The van der Waals surface area contributed by atoms with Crippen molar-refractivity contribution in [2.45, 2.75) is 42.7 Å². The molecule has 2 aromatic rings. The van der Waals surface area contributed by atoms with E-state index in [0.717, 1.165) is 10.5 Å². The largest absolute Gasteiger partial charge is 0.459 e. The van der Waals surface area contributed by atoms with E-state index in [1.165, 1.54) is 16.7 Å². The fourth-order valence-electron chi connectivity index (χ4n) is 4.48. The van der Waals surface area contributed by atoms with E-state index >= 15 is 0 Å². The molecule has 2 aromatic carbocycles. The molecule has 5 rings (SSSR count). The van der Waals surface area contributed by atoms with Crippen LogP contribution in [0.25, 0.3) is 0 Å². The average molecular weight is 436 g/mol. The number of hydrogen-bond acceptors (Lipinski definition) is 6. The maximum Gasteiger partial charge on any atom is 0.330 e. The van der Waals surface area contributed by atoms with Gasteiger partial charge in [0.2, 0.25) is 0 Å². The Morgan fingerprint density at radius 3 is 2.16 bits per heavy atom. The lowest BCUT2D eigenvalue weighted by Crippen LogP contribution is -2.71. The van der Waals surface area contributed by atoms with Crippen molar-refractivity contribution in [3.8, 4) is 0 Å². The Kier molecular flexibility index (Phi) is 4.44. The molecule has 3 aliphatic heterocycles. The molecule has 0 spiro atoms. The molecule has 0 saturated carbocycles. The number of β-lactam (4-membered cyclic amide) rings is 1. The van der Waals surface area contributed by atoms with Crippen LogP contribution in [-0.2, 0) is 20.9 Å². The molecule has 3 heterocycles. The number of rotatable bonds is 4. The lowest BCUT2D eigenvalue weighted by molar-refractivity contribution is -0.166. The summed E-state index contributed by atoms with van der Waals surface area (Å²) < 4.78 is 4.89. The number of ether oxygens (including phenoxy) is 1. The molecular weight excluding hydrogens is 416 g/mol. The molecule has 8 heteroatoms. The number of benzene rings is 2. The first-order valence-corrected chi connectivity index (χ1v) is 10.9. The summed E-state index contributed by atoms with van der Waals surface area (Å²) in [4.78, 5) is 54.2. The molecule has 0 N–H and O–H groups in total. The van der Waals surface area contributed by atoms with Crippen LogP contribution >= 0.6 is 11.8 Å². The topological polar surface area (TPSA) is 84.0 Å². The Hall–Kier alpha value is -3.13. The summed E-state index contributed by atoms with van der Waals surface area (Å²) in [5.41, 5.74) is 1.47. The molecule has 0 radical (unpaired) electrons. The minimum atomic E-state index is -0.913. The van der Waals surface area contributed by atoms with Gasteiger partial charge in [0, 0.05) is 4.75 Å². The molecule has 7 nitrogen and oxygen atoms in total. The summed E-state index contributed by atoms with van der Waals surface area (Å²) in [6, 6.07) is 14.2. The maximum absolute atomic E-state index is 13.1. The Morgan fingerprint density at radius 1 is 0.968 bits per heavy atom. The van der Waals surface area contributed by atoms with Crippen LogP contribution < -0.4 is 0 Å². The van der Waals surface area contributed by atoms with E-state index in [1.54, 1.807) is 24.3 Å². The molecule has 0 bridgehead atoms. The van der Waals surface area contributed by atoms with Crippen molar-refractivity contribution in [3.63, 3.8) is 0 Å². The van der Waals surface area contributed by atoms with Gasteiger partial charge in [0.05, 0.1) is 11.1 Å². The predicted molar refractivity (Wildman–Crippen MR) is 113 cm³/mol. The highest BCUT2D eigenvalue weighted by Gasteiger charge is 2.67. The number of thioether (sulfide) groups is 1. The van der Waals surface area contributed by atoms with Crippen molar-refractivity contribution in [1.82, 2.24) is 9.80 Å². The van der Waals surface area contributed by atoms with Gasteiger partial charge in [0.15, 0.2) is 0 Å². The zero-order valence-electron chi connectivity index (χ0n) is 17.0. The first-order chi connectivity index (χ1) is 14.8. The summed E-state index contributed by atoms with van der Waals surface area (Å²) >= 11 is 1.42. The average Bonchev–Trinajstić information content (AvgIpc) is 3.16. The van der Waals surface area contributed by atoms with E-state index in [2.05, 4.69) is 0 Å². The third kappa shape index (κ3) is 2.89. The van der Waals surface area contributed by atoms with Crippen molar-refractivity contribution < 1.29 is 23.9 Å². The van der Waals surface area contributed by atoms with Gasteiger partial charge in [-0.05, 0) is 31.5 Å². The number of nitrogens with zero attached hydrogens (tertiary/aromatic N) is 2. The number of hydrogen-bond donors (Lipinski definition) is 0. The van der Waals surface area contributed by atoms with Crippen molar-refractivity contribution in [2.24, 2.45) is 0 Å². The van der Waals surface area contributed by atoms with Gasteiger partial charge < -0.3 is 9.64 Å². The molecule has 2 fully saturated rings. The zero-order chi connectivity index (χ0) is 21.9. The predicted octanol–water partition coefficient (Wildman–Crippen LogP) is 2.46. The molecule has 2 saturated heterocycles. The van der Waals surface area contributed by atoms with E-state index in [-0.39, 0.29) is 6.61 Å². The number of carbonyl (C=O) groups excluding carboxylic acids is 4.